The number of ether oxygens (including phenoxy) is 3. The van der Waals surface area contributed by atoms with E-state index in [0.717, 1.165) is 48.1 Å². The molecule has 2 aliphatic rings. The smallest absolute Gasteiger partial charge is 0.170 e. The van der Waals surface area contributed by atoms with E-state index in [1.54, 1.807) is 7.11 Å². The third kappa shape index (κ3) is 4.92. The number of ketones is 1. The van der Waals surface area contributed by atoms with Gasteiger partial charge in [0.1, 0.15) is 19.2 Å². The van der Waals surface area contributed by atoms with Crippen molar-refractivity contribution in [1.82, 2.24) is 0 Å². The normalized spacial score (nSPS) is 22.2. The summed E-state index contributed by atoms with van der Waals surface area (Å²) >= 11 is 0. The van der Waals surface area contributed by atoms with Gasteiger partial charge in [-0.25, -0.2) is 0 Å². The van der Waals surface area contributed by atoms with E-state index in [0.29, 0.717) is 25.9 Å². The Balaban J connectivity index is 1.73. The number of methoxy groups -OCH3 is 1. The standard InChI is InChI=1S/C29H36O4/c1-5-22-12-19(3)13-23(6-2)26(22)27-28(30)24-14-21(16-32-18-31-4)15-25(24)29(27)33-17-20-10-8-7-9-11-20/h7-13,21,24-25H,5-6,14-18H2,1-4H3. The van der Waals surface area contributed by atoms with Crippen LogP contribution in [0.2, 0.25) is 0 Å². The maximum absolute atomic E-state index is 13.9. The van der Waals surface area contributed by atoms with Crippen molar-refractivity contribution in [2.45, 2.75) is 53.1 Å². The van der Waals surface area contributed by atoms with Crippen LogP contribution in [0.1, 0.15) is 54.5 Å². The second-order valence-corrected chi connectivity index (χ2v) is 9.37. The van der Waals surface area contributed by atoms with E-state index in [1.165, 1.54) is 16.7 Å². The SMILES string of the molecule is CCc1cc(C)cc(CC)c1C1=C(OCc2ccccc2)C2CC(COCOC)CC2C1=O. The number of hydrogen-bond donors (Lipinski definition) is 0. The molecule has 0 radical (unpaired) electrons. The summed E-state index contributed by atoms with van der Waals surface area (Å²) in [6, 6.07) is 14.7. The van der Waals surface area contributed by atoms with Gasteiger partial charge in [0.25, 0.3) is 0 Å². The van der Waals surface area contributed by atoms with Crippen LogP contribution >= 0.6 is 0 Å². The molecular formula is C29H36O4. The molecule has 0 N–H and O–H groups in total. The predicted octanol–water partition coefficient (Wildman–Crippen LogP) is 5.89. The molecule has 0 amide bonds. The molecule has 33 heavy (non-hydrogen) atoms. The molecule has 1 fully saturated rings. The molecule has 2 aliphatic carbocycles. The second-order valence-electron chi connectivity index (χ2n) is 9.37. The van der Waals surface area contributed by atoms with Gasteiger partial charge in [-0.05, 0) is 60.8 Å². The average molecular weight is 449 g/mol. The van der Waals surface area contributed by atoms with Crippen LogP contribution in [0, 0.1) is 24.7 Å². The number of aryl methyl sites for hydroxylation is 3. The van der Waals surface area contributed by atoms with Crippen molar-refractivity contribution in [3.63, 3.8) is 0 Å². The quantitative estimate of drug-likeness (QED) is 0.336. The highest BCUT2D eigenvalue weighted by Gasteiger charge is 2.50. The molecule has 3 atom stereocenters. The molecule has 4 rings (SSSR count). The Bertz CT molecular complexity index is 983. The van der Waals surface area contributed by atoms with Crippen LogP contribution in [-0.2, 0) is 38.5 Å². The maximum Gasteiger partial charge on any atom is 0.170 e. The minimum absolute atomic E-state index is 0.0161. The lowest BCUT2D eigenvalue weighted by Crippen LogP contribution is -2.14. The molecular weight excluding hydrogens is 412 g/mol. The first kappa shape index (κ1) is 23.7. The number of fused-ring (bicyclic) bond motifs is 1. The molecule has 0 spiro atoms. The number of benzene rings is 2. The Labute approximate surface area is 197 Å². The first-order valence-corrected chi connectivity index (χ1v) is 12.2. The summed E-state index contributed by atoms with van der Waals surface area (Å²) < 4.78 is 17.2. The third-order valence-corrected chi connectivity index (χ3v) is 7.08. The number of rotatable bonds is 10. The number of carbonyl (C=O) groups excluding carboxylic acids is 1. The van der Waals surface area contributed by atoms with Crippen molar-refractivity contribution in [3.05, 3.63) is 76.0 Å². The average Bonchev–Trinajstić information content (AvgIpc) is 3.35. The van der Waals surface area contributed by atoms with Gasteiger partial charge in [0.15, 0.2) is 5.78 Å². The van der Waals surface area contributed by atoms with Gasteiger partial charge in [-0.15, -0.1) is 0 Å². The fraction of sp³-hybridized carbons (Fsp3) is 0.483. The summed E-state index contributed by atoms with van der Waals surface area (Å²) in [6.45, 7) is 7.88. The fourth-order valence-corrected chi connectivity index (χ4v) is 5.63. The predicted molar refractivity (Wildman–Crippen MR) is 131 cm³/mol. The lowest BCUT2D eigenvalue weighted by Gasteiger charge is -2.20. The van der Waals surface area contributed by atoms with E-state index < -0.39 is 0 Å². The van der Waals surface area contributed by atoms with E-state index in [9.17, 15) is 4.79 Å². The third-order valence-electron chi connectivity index (χ3n) is 7.08. The van der Waals surface area contributed by atoms with E-state index in [-0.39, 0.29) is 17.6 Å². The Hall–Kier alpha value is -2.43. The molecule has 1 saturated carbocycles. The zero-order chi connectivity index (χ0) is 23.4. The minimum atomic E-state index is -0.0161. The van der Waals surface area contributed by atoms with Crippen molar-refractivity contribution in [2.75, 3.05) is 20.5 Å². The molecule has 2 aromatic carbocycles. The van der Waals surface area contributed by atoms with Crippen LogP contribution in [0.25, 0.3) is 5.57 Å². The zero-order valence-electron chi connectivity index (χ0n) is 20.4. The number of hydrogen-bond acceptors (Lipinski definition) is 4. The Morgan fingerprint density at radius 2 is 1.64 bits per heavy atom. The van der Waals surface area contributed by atoms with E-state index in [4.69, 9.17) is 14.2 Å². The number of allylic oxidation sites excluding steroid dienone is 2. The first-order valence-electron chi connectivity index (χ1n) is 12.2. The van der Waals surface area contributed by atoms with Gasteiger partial charge in [0.05, 0.1) is 12.2 Å². The van der Waals surface area contributed by atoms with Gasteiger partial charge < -0.3 is 14.2 Å². The number of carbonyl (C=O) groups is 1. The monoisotopic (exact) mass is 448 g/mol. The minimum Gasteiger partial charge on any atom is -0.492 e. The highest BCUT2D eigenvalue weighted by atomic mass is 16.7. The molecule has 0 saturated heterocycles. The van der Waals surface area contributed by atoms with Gasteiger partial charge in [-0.3, -0.25) is 4.79 Å². The molecule has 4 heteroatoms. The lowest BCUT2D eigenvalue weighted by atomic mass is 9.87. The highest BCUT2D eigenvalue weighted by Crippen LogP contribution is 2.52. The summed E-state index contributed by atoms with van der Waals surface area (Å²) in [6.07, 6.45) is 3.57. The Morgan fingerprint density at radius 1 is 0.970 bits per heavy atom. The molecule has 3 unspecified atom stereocenters. The van der Waals surface area contributed by atoms with Crippen LogP contribution in [0.15, 0.2) is 48.2 Å². The summed E-state index contributed by atoms with van der Waals surface area (Å²) in [5.74, 6) is 1.62. The Morgan fingerprint density at radius 3 is 2.27 bits per heavy atom. The summed E-state index contributed by atoms with van der Waals surface area (Å²) in [5.41, 5.74) is 6.83. The molecule has 0 aromatic heterocycles. The molecule has 0 aliphatic heterocycles. The molecule has 176 valence electrons. The van der Waals surface area contributed by atoms with Gasteiger partial charge in [0, 0.05) is 18.9 Å². The van der Waals surface area contributed by atoms with Crippen LogP contribution in [0.4, 0.5) is 0 Å². The zero-order valence-corrected chi connectivity index (χ0v) is 20.4. The molecule has 0 bridgehead atoms. The lowest BCUT2D eigenvalue weighted by molar-refractivity contribution is -0.117. The maximum atomic E-state index is 13.9. The summed E-state index contributed by atoms with van der Waals surface area (Å²) in [5, 5.41) is 0. The van der Waals surface area contributed by atoms with E-state index in [1.807, 2.05) is 18.2 Å². The van der Waals surface area contributed by atoms with Crippen LogP contribution in [0.5, 0.6) is 0 Å². The van der Waals surface area contributed by atoms with Gasteiger partial charge in [-0.1, -0.05) is 61.9 Å². The Kier molecular flexibility index (Phi) is 7.67. The highest BCUT2D eigenvalue weighted by molar-refractivity contribution is 6.25. The molecule has 4 nitrogen and oxygen atoms in total. The fourth-order valence-electron chi connectivity index (χ4n) is 5.63. The van der Waals surface area contributed by atoms with E-state index in [2.05, 4.69) is 45.0 Å². The van der Waals surface area contributed by atoms with Crippen molar-refractivity contribution < 1.29 is 19.0 Å². The van der Waals surface area contributed by atoms with Gasteiger partial charge in [-0.2, -0.15) is 0 Å². The van der Waals surface area contributed by atoms with Gasteiger partial charge >= 0.3 is 0 Å². The number of Topliss-reactive ketones (excluding diaryl/α,β-unsaturated/α-hetero) is 1. The molecule has 2 aromatic rings. The van der Waals surface area contributed by atoms with Crippen molar-refractivity contribution in [3.8, 4) is 0 Å². The van der Waals surface area contributed by atoms with E-state index >= 15 is 0 Å². The molecule has 0 heterocycles. The van der Waals surface area contributed by atoms with Crippen molar-refractivity contribution in [1.29, 1.82) is 0 Å². The van der Waals surface area contributed by atoms with Gasteiger partial charge in [0.2, 0.25) is 0 Å². The summed E-state index contributed by atoms with van der Waals surface area (Å²) in [7, 11) is 1.63. The van der Waals surface area contributed by atoms with Crippen molar-refractivity contribution in [2.24, 2.45) is 17.8 Å². The van der Waals surface area contributed by atoms with Crippen LogP contribution in [0.3, 0.4) is 0 Å². The van der Waals surface area contributed by atoms with Crippen LogP contribution in [-0.4, -0.2) is 26.3 Å². The van der Waals surface area contributed by atoms with Crippen LogP contribution < -0.4 is 0 Å². The summed E-state index contributed by atoms with van der Waals surface area (Å²) in [4.78, 5) is 13.9. The van der Waals surface area contributed by atoms with Crippen molar-refractivity contribution >= 4 is 11.4 Å². The first-order chi connectivity index (χ1) is 16.1. The largest absolute Gasteiger partial charge is 0.492 e. The topological polar surface area (TPSA) is 44.8 Å². The second kappa shape index (κ2) is 10.7.